The van der Waals surface area contributed by atoms with Crippen molar-refractivity contribution in [2.75, 3.05) is 18.9 Å². The Morgan fingerprint density at radius 3 is 2.13 bits per heavy atom. The van der Waals surface area contributed by atoms with Gasteiger partial charge in [-0.3, -0.25) is 5.10 Å². The van der Waals surface area contributed by atoms with E-state index in [9.17, 15) is 0 Å². The van der Waals surface area contributed by atoms with Gasteiger partial charge in [-0.15, -0.1) is 0 Å². The summed E-state index contributed by atoms with van der Waals surface area (Å²) in [5.74, 6) is 2.35. The third-order valence-corrected chi connectivity index (χ3v) is 4.40. The molecule has 0 aliphatic heterocycles. The zero-order valence-corrected chi connectivity index (χ0v) is 16.5. The Morgan fingerprint density at radius 1 is 0.700 bits per heavy atom. The fraction of sp³-hybridized carbons (Fsp3) is 0.125. The molecule has 6 heteroatoms. The molecule has 1 aromatic heterocycles. The number of H-pyrrole nitrogens is 1. The van der Waals surface area contributed by atoms with Gasteiger partial charge in [-0.1, -0.05) is 24.3 Å². The number of nitrogen functional groups attached to an aromatic ring is 1. The van der Waals surface area contributed by atoms with Crippen molar-refractivity contribution in [1.82, 2.24) is 10.2 Å². The zero-order valence-electron chi connectivity index (χ0n) is 16.5. The maximum Gasteiger partial charge on any atom is 0.130 e. The Morgan fingerprint density at radius 2 is 1.40 bits per heavy atom. The van der Waals surface area contributed by atoms with E-state index in [1.165, 1.54) is 0 Å². The van der Waals surface area contributed by atoms with Crippen molar-refractivity contribution >= 4 is 5.69 Å². The molecule has 3 N–H and O–H groups in total. The van der Waals surface area contributed by atoms with Gasteiger partial charge in [0, 0.05) is 17.3 Å². The van der Waals surface area contributed by atoms with Crippen LogP contribution in [0.4, 0.5) is 5.69 Å². The highest BCUT2D eigenvalue weighted by Gasteiger charge is 2.06. The molecule has 0 atom stereocenters. The van der Waals surface area contributed by atoms with Crippen LogP contribution < -0.4 is 19.9 Å². The molecule has 0 amide bonds. The van der Waals surface area contributed by atoms with Gasteiger partial charge in [0.2, 0.25) is 0 Å². The molecule has 0 aliphatic carbocycles. The van der Waals surface area contributed by atoms with Crippen LogP contribution in [-0.4, -0.2) is 23.4 Å². The van der Waals surface area contributed by atoms with E-state index in [4.69, 9.17) is 19.9 Å². The first kappa shape index (κ1) is 19.4. The summed E-state index contributed by atoms with van der Waals surface area (Å²) < 4.78 is 17.1. The molecule has 4 aromatic rings. The van der Waals surface area contributed by atoms with Crippen LogP contribution in [-0.2, 0) is 6.61 Å². The minimum absolute atomic E-state index is 0.388. The van der Waals surface area contributed by atoms with Crippen LogP contribution in [0.25, 0.3) is 11.3 Å². The topological polar surface area (TPSA) is 82.4 Å². The summed E-state index contributed by atoms with van der Waals surface area (Å²) in [7, 11) is 0. The van der Waals surface area contributed by atoms with E-state index >= 15 is 0 Å². The summed E-state index contributed by atoms with van der Waals surface area (Å²) in [6.07, 6.45) is 0. The monoisotopic (exact) mass is 401 g/mol. The Labute approximate surface area is 175 Å². The Kier molecular flexibility index (Phi) is 6.15. The summed E-state index contributed by atoms with van der Waals surface area (Å²) in [6.45, 7) is 1.35. The van der Waals surface area contributed by atoms with E-state index in [0.717, 1.165) is 34.2 Å². The van der Waals surface area contributed by atoms with Crippen LogP contribution in [0, 0.1) is 0 Å². The van der Waals surface area contributed by atoms with Crippen molar-refractivity contribution in [3.63, 3.8) is 0 Å². The molecule has 0 saturated heterocycles. The van der Waals surface area contributed by atoms with Crippen molar-refractivity contribution in [3.8, 4) is 28.5 Å². The average Bonchev–Trinajstić information content (AvgIpc) is 3.26. The van der Waals surface area contributed by atoms with Crippen molar-refractivity contribution in [2.45, 2.75) is 6.61 Å². The molecule has 3 aromatic carbocycles. The van der Waals surface area contributed by atoms with Crippen molar-refractivity contribution in [2.24, 2.45) is 0 Å². The van der Waals surface area contributed by atoms with Gasteiger partial charge in [0.05, 0.1) is 11.4 Å². The lowest BCUT2D eigenvalue weighted by atomic mass is 10.1. The summed E-state index contributed by atoms with van der Waals surface area (Å²) in [4.78, 5) is 0. The minimum atomic E-state index is 0.388. The summed E-state index contributed by atoms with van der Waals surface area (Å²) in [5.41, 5.74) is 9.16. The molecule has 152 valence electrons. The first-order valence-corrected chi connectivity index (χ1v) is 9.70. The third kappa shape index (κ3) is 5.32. The van der Waals surface area contributed by atoms with E-state index in [0.29, 0.717) is 25.5 Å². The van der Waals surface area contributed by atoms with Crippen LogP contribution in [0.3, 0.4) is 0 Å². The molecule has 30 heavy (non-hydrogen) atoms. The maximum atomic E-state index is 5.77. The molecule has 4 rings (SSSR count). The van der Waals surface area contributed by atoms with Crippen LogP contribution in [0.2, 0.25) is 0 Å². The van der Waals surface area contributed by atoms with Crippen molar-refractivity contribution in [3.05, 3.63) is 90.6 Å². The number of hydrogen-bond donors (Lipinski definition) is 2. The highest BCUT2D eigenvalue weighted by molar-refractivity contribution is 5.60. The number of aromatic nitrogens is 2. The first-order chi connectivity index (χ1) is 14.8. The standard InChI is InChI=1S/C24H23N3O3/c25-19-5-4-8-23(15-19)30-17-20-16-24(27-26-20)18-9-11-22(12-10-18)29-14-13-28-21-6-2-1-3-7-21/h1-12,15-16H,13-14,17,25H2,(H,26,27). The lowest BCUT2D eigenvalue weighted by Crippen LogP contribution is -2.08. The smallest absolute Gasteiger partial charge is 0.130 e. The van der Waals surface area contributed by atoms with E-state index < -0.39 is 0 Å². The van der Waals surface area contributed by atoms with Gasteiger partial charge in [-0.05, 0) is 54.6 Å². The van der Waals surface area contributed by atoms with Gasteiger partial charge in [0.25, 0.3) is 0 Å². The lowest BCUT2D eigenvalue weighted by molar-refractivity contribution is 0.217. The summed E-state index contributed by atoms with van der Waals surface area (Å²) in [5, 5.41) is 7.37. The van der Waals surface area contributed by atoms with Crippen LogP contribution in [0.15, 0.2) is 84.9 Å². The van der Waals surface area contributed by atoms with Crippen molar-refractivity contribution in [1.29, 1.82) is 0 Å². The molecular weight excluding hydrogens is 378 g/mol. The molecule has 1 heterocycles. The average molecular weight is 401 g/mol. The van der Waals surface area contributed by atoms with E-state index in [1.807, 2.05) is 78.9 Å². The second kappa shape index (κ2) is 9.52. The summed E-state index contributed by atoms with van der Waals surface area (Å²) >= 11 is 0. The number of aromatic amines is 1. The van der Waals surface area contributed by atoms with Gasteiger partial charge in [0.15, 0.2) is 0 Å². The van der Waals surface area contributed by atoms with Gasteiger partial charge in [0.1, 0.15) is 37.1 Å². The molecule has 0 saturated carbocycles. The predicted molar refractivity (Wildman–Crippen MR) is 117 cm³/mol. The van der Waals surface area contributed by atoms with Crippen LogP contribution >= 0.6 is 0 Å². The van der Waals surface area contributed by atoms with Crippen LogP contribution in [0.1, 0.15) is 5.69 Å². The molecule has 0 unspecified atom stereocenters. The third-order valence-electron chi connectivity index (χ3n) is 4.40. The van der Waals surface area contributed by atoms with Crippen molar-refractivity contribution < 1.29 is 14.2 Å². The quantitative estimate of drug-likeness (QED) is 0.314. The van der Waals surface area contributed by atoms with Gasteiger partial charge < -0.3 is 19.9 Å². The number of ether oxygens (including phenoxy) is 3. The molecule has 0 bridgehead atoms. The molecule has 0 radical (unpaired) electrons. The highest BCUT2D eigenvalue weighted by atomic mass is 16.5. The Balaban J connectivity index is 1.26. The number of para-hydroxylation sites is 1. The Bertz CT molecular complexity index is 1060. The second-order valence-corrected chi connectivity index (χ2v) is 6.67. The van der Waals surface area contributed by atoms with Gasteiger partial charge in [-0.25, -0.2) is 0 Å². The van der Waals surface area contributed by atoms with E-state index in [2.05, 4.69) is 10.2 Å². The number of nitrogens with zero attached hydrogens (tertiary/aromatic N) is 1. The SMILES string of the molecule is Nc1cccc(OCc2cc(-c3ccc(OCCOc4ccccc4)cc3)n[nH]2)c1. The van der Waals surface area contributed by atoms with Gasteiger partial charge in [-0.2, -0.15) is 5.10 Å². The summed E-state index contributed by atoms with van der Waals surface area (Å²) in [6, 6.07) is 26.8. The Hall–Kier alpha value is -3.93. The maximum absolute atomic E-state index is 5.77. The van der Waals surface area contributed by atoms with E-state index in [1.54, 1.807) is 6.07 Å². The highest BCUT2D eigenvalue weighted by Crippen LogP contribution is 2.22. The minimum Gasteiger partial charge on any atom is -0.490 e. The molecule has 0 fully saturated rings. The molecule has 0 aliphatic rings. The largest absolute Gasteiger partial charge is 0.490 e. The van der Waals surface area contributed by atoms with Crippen LogP contribution in [0.5, 0.6) is 17.2 Å². The number of rotatable bonds is 9. The number of benzene rings is 3. The number of nitrogens with two attached hydrogens (primary N) is 1. The number of hydrogen-bond acceptors (Lipinski definition) is 5. The molecule has 0 spiro atoms. The molecular formula is C24H23N3O3. The fourth-order valence-electron chi connectivity index (χ4n) is 2.91. The first-order valence-electron chi connectivity index (χ1n) is 9.70. The predicted octanol–water partition coefficient (Wildman–Crippen LogP) is 4.70. The lowest BCUT2D eigenvalue weighted by Gasteiger charge is -2.08. The van der Waals surface area contributed by atoms with E-state index in [-0.39, 0.29) is 0 Å². The molecule has 6 nitrogen and oxygen atoms in total. The second-order valence-electron chi connectivity index (χ2n) is 6.67. The fourth-order valence-corrected chi connectivity index (χ4v) is 2.91. The zero-order chi connectivity index (χ0) is 20.6. The number of anilines is 1. The number of nitrogens with one attached hydrogen (secondary N) is 1. The van der Waals surface area contributed by atoms with Gasteiger partial charge >= 0.3 is 0 Å². The normalized spacial score (nSPS) is 10.5.